The molecule has 7 heteroatoms. The zero-order chi connectivity index (χ0) is 19.5. The maximum absolute atomic E-state index is 12.7. The van der Waals surface area contributed by atoms with E-state index < -0.39 is 0 Å². The Morgan fingerprint density at radius 2 is 1.89 bits per heavy atom. The normalized spacial score (nSPS) is 24.3. The highest BCUT2D eigenvalue weighted by Crippen LogP contribution is 2.32. The Kier molecular flexibility index (Phi) is 5.99. The van der Waals surface area contributed by atoms with Crippen molar-refractivity contribution in [3.8, 4) is 0 Å². The van der Waals surface area contributed by atoms with E-state index in [0.717, 1.165) is 76.8 Å². The predicted octanol–water partition coefficient (Wildman–Crippen LogP) is 1.63. The lowest BCUT2D eigenvalue weighted by atomic mass is 9.93. The topological polar surface area (TPSA) is 70.5 Å². The van der Waals surface area contributed by atoms with Crippen molar-refractivity contribution in [2.75, 3.05) is 26.2 Å². The molecule has 3 heterocycles. The molecule has 0 unspecified atom stereocenters. The molecule has 2 amide bonds. The van der Waals surface area contributed by atoms with Crippen LogP contribution < -0.4 is 5.32 Å². The fourth-order valence-corrected chi connectivity index (χ4v) is 4.60. The van der Waals surface area contributed by atoms with Crippen LogP contribution in [-0.2, 0) is 22.7 Å². The van der Waals surface area contributed by atoms with Crippen LogP contribution >= 0.6 is 0 Å². The van der Waals surface area contributed by atoms with Gasteiger partial charge in [-0.1, -0.05) is 0 Å². The summed E-state index contributed by atoms with van der Waals surface area (Å²) in [5.74, 6) is 0.932. The summed E-state index contributed by atoms with van der Waals surface area (Å²) in [6, 6.07) is 0.515. The number of amides is 2. The van der Waals surface area contributed by atoms with Crippen LogP contribution in [0.2, 0.25) is 0 Å². The Morgan fingerprint density at radius 3 is 2.57 bits per heavy atom. The van der Waals surface area contributed by atoms with E-state index in [1.165, 1.54) is 0 Å². The summed E-state index contributed by atoms with van der Waals surface area (Å²) < 4.78 is 1.88. The van der Waals surface area contributed by atoms with Gasteiger partial charge in [0.05, 0.1) is 12.1 Å². The summed E-state index contributed by atoms with van der Waals surface area (Å²) in [4.78, 5) is 29.5. The monoisotopic (exact) mass is 387 g/mol. The molecule has 4 rings (SSSR count). The molecule has 2 saturated heterocycles. The van der Waals surface area contributed by atoms with E-state index in [9.17, 15) is 9.59 Å². The fourth-order valence-electron chi connectivity index (χ4n) is 4.60. The lowest BCUT2D eigenvalue weighted by Crippen LogP contribution is -2.51. The molecule has 0 spiro atoms. The van der Waals surface area contributed by atoms with Crippen LogP contribution in [0.3, 0.4) is 0 Å². The van der Waals surface area contributed by atoms with Gasteiger partial charge in [0.2, 0.25) is 11.8 Å². The van der Waals surface area contributed by atoms with Gasteiger partial charge in [0.15, 0.2) is 0 Å². The second-order valence-electron chi connectivity index (χ2n) is 8.59. The lowest BCUT2D eigenvalue weighted by molar-refractivity contribution is -0.134. The second kappa shape index (κ2) is 8.64. The van der Waals surface area contributed by atoms with Gasteiger partial charge in [0.25, 0.3) is 0 Å². The summed E-state index contributed by atoms with van der Waals surface area (Å²) in [5, 5.41) is 7.36. The average molecular weight is 388 g/mol. The first-order chi connectivity index (χ1) is 13.6. The molecule has 3 fully saturated rings. The fraction of sp³-hybridized carbons (Fsp3) is 0.762. The Morgan fingerprint density at radius 1 is 1.11 bits per heavy atom. The number of carbonyl (C=O) groups is 2. The number of carbonyl (C=O) groups excluding carboxylic acids is 2. The Labute approximate surface area is 167 Å². The van der Waals surface area contributed by atoms with Crippen molar-refractivity contribution >= 4 is 11.8 Å². The molecule has 0 aromatic carbocycles. The zero-order valence-corrected chi connectivity index (χ0v) is 17.0. The van der Waals surface area contributed by atoms with Crippen LogP contribution in [0.4, 0.5) is 0 Å². The van der Waals surface area contributed by atoms with E-state index in [-0.39, 0.29) is 11.8 Å². The van der Waals surface area contributed by atoms with Gasteiger partial charge in [-0.05, 0) is 52.0 Å². The van der Waals surface area contributed by atoms with Crippen molar-refractivity contribution in [2.45, 2.75) is 64.6 Å². The molecule has 2 aliphatic heterocycles. The molecule has 1 aliphatic carbocycles. The minimum atomic E-state index is 0.0705. The standard InChI is InChI=1S/C21H33N5O2/c1-2-26-14-16(13-23-26)12-22-20(27)18-4-3-9-25(15-18)19-7-10-24(11-8-19)21(28)17-5-6-17/h13-14,17-19H,2-12,15H2,1H3,(H,22,27)/t18-/m0/s1. The van der Waals surface area contributed by atoms with Gasteiger partial charge in [-0.15, -0.1) is 0 Å². The zero-order valence-electron chi connectivity index (χ0n) is 17.0. The highest BCUT2D eigenvalue weighted by Gasteiger charge is 2.37. The Bertz CT molecular complexity index is 691. The molecule has 0 radical (unpaired) electrons. The lowest BCUT2D eigenvalue weighted by Gasteiger charge is -2.42. The van der Waals surface area contributed by atoms with Crippen molar-refractivity contribution in [2.24, 2.45) is 11.8 Å². The van der Waals surface area contributed by atoms with Gasteiger partial charge in [0, 0.05) is 56.4 Å². The SMILES string of the molecule is CCn1cc(CNC(=O)[C@H]2CCCN(C3CCN(C(=O)C4CC4)CC3)C2)cn1. The largest absolute Gasteiger partial charge is 0.352 e. The molecule has 3 aliphatic rings. The average Bonchev–Trinajstić information content (AvgIpc) is 3.49. The minimum Gasteiger partial charge on any atom is -0.352 e. The molecule has 1 aromatic heterocycles. The van der Waals surface area contributed by atoms with Gasteiger partial charge < -0.3 is 10.2 Å². The van der Waals surface area contributed by atoms with Crippen molar-refractivity contribution in [1.29, 1.82) is 0 Å². The summed E-state index contributed by atoms with van der Waals surface area (Å²) in [7, 11) is 0. The first kappa shape index (κ1) is 19.4. The molecule has 7 nitrogen and oxygen atoms in total. The third kappa shape index (κ3) is 4.57. The van der Waals surface area contributed by atoms with Crippen molar-refractivity contribution in [1.82, 2.24) is 24.9 Å². The molecule has 1 N–H and O–H groups in total. The Hall–Kier alpha value is -1.89. The molecule has 0 bridgehead atoms. The maximum Gasteiger partial charge on any atom is 0.225 e. The van der Waals surface area contributed by atoms with E-state index in [2.05, 4.69) is 27.1 Å². The van der Waals surface area contributed by atoms with Gasteiger partial charge in [-0.2, -0.15) is 5.10 Å². The third-order valence-corrected chi connectivity index (χ3v) is 6.52. The molecule has 154 valence electrons. The third-order valence-electron chi connectivity index (χ3n) is 6.52. The number of rotatable bonds is 6. The molecular weight excluding hydrogens is 354 g/mol. The number of aromatic nitrogens is 2. The first-order valence-electron chi connectivity index (χ1n) is 11.0. The van der Waals surface area contributed by atoms with Crippen molar-refractivity contribution in [3.05, 3.63) is 18.0 Å². The van der Waals surface area contributed by atoms with Crippen LogP contribution in [0.25, 0.3) is 0 Å². The molecule has 1 aromatic rings. The van der Waals surface area contributed by atoms with E-state index >= 15 is 0 Å². The number of likely N-dealkylation sites (tertiary alicyclic amines) is 2. The number of hydrogen-bond donors (Lipinski definition) is 1. The smallest absolute Gasteiger partial charge is 0.225 e. The summed E-state index contributed by atoms with van der Waals surface area (Å²) >= 11 is 0. The van der Waals surface area contributed by atoms with Gasteiger partial charge in [0.1, 0.15) is 0 Å². The van der Waals surface area contributed by atoms with Crippen molar-refractivity contribution in [3.63, 3.8) is 0 Å². The first-order valence-corrected chi connectivity index (χ1v) is 11.0. The number of nitrogens with zero attached hydrogens (tertiary/aromatic N) is 4. The summed E-state index contributed by atoms with van der Waals surface area (Å²) in [6.07, 6.45) is 10.1. The number of aryl methyl sites for hydroxylation is 1. The molecule has 28 heavy (non-hydrogen) atoms. The van der Waals surface area contributed by atoms with Crippen LogP contribution in [0.5, 0.6) is 0 Å². The highest BCUT2D eigenvalue weighted by atomic mass is 16.2. The van der Waals surface area contributed by atoms with Gasteiger partial charge in [-0.3, -0.25) is 19.2 Å². The quantitative estimate of drug-likeness (QED) is 0.805. The van der Waals surface area contributed by atoms with E-state index in [4.69, 9.17) is 0 Å². The maximum atomic E-state index is 12.7. The van der Waals surface area contributed by atoms with E-state index in [1.807, 2.05) is 17.1 Å². The van der Waals surface area contributed by atoms with Crippen LogP contribution in [-0.4, -0.2) is 63.6 Å². The highest BCUT2D eigenvalue weighted by molar-refractivity contribution is 5.81. The van der Waals surface area contributed by atoms with Crippen LogP contribution in [0, 0.1) is 11.8 Å². The van der Waals surface area contributed by atoms with Crippen molar-refractivity contribution < 1.29 is 9.59 Å². The van der Waals surface area contributed by atoms with Crippen LogP contribution in [0.15, 0.2) is 12.4 Å². The minimum absolute atomic E-state index is 0.0705. The predicted molar refractivity (Wildman–Crippen MR) is 106 cm³/mol. The van der Waals surface area contributed by atoms with E-state index in [0.29, 0.717) is 24.4 Å². The molecule has 1 saturated carbocycles. The second-order valence-corrected chi connectivity index (χ2v) is 8.59. The van der Waals surface area contributed by atoms with Gasteiger partial charge in [-0.25, -0.2) is 0 Å². The number of hydrogen-bond acceptors (Lipinski definition) is 4. The summed E-state index contributed by atoms with van der Waals surface area (Å²) in [6.45, 7) is 7.14. The number of piperidine rings is 2. The Balaban J connectivity index is 1.23. The van der Waals surface area contributed by atoms with Gasteiger partial charge >= 0.3 is 0 Å². The summed E-state index contributed by atoms with van der Waals surface area (Å²) in [5.41, 5.74) is 1.05. The molecular formula is C21H33N5O2. The van der Waals surface area contributed by atoms with Crippen LogP contribution in [0.1, 0.15) is 51.0 Å². The molecule has 1 atom stereocenters. The van der Waals surface area contributed by atoms with E-state index in [1.54, 1.807) is 0 Å². The number of nitrogens with one attached hydrogen (secondary N) is 1.